The molecule has 100 valence electrons. The van der Waals surface area contributed by atoms with Crippen LogP contribution in [0.5, 0.6) is 0 Å². The van der Waals surface area contributed by atoms with Crippen molar-refractivity contribution in [3.05, 3.63) is 36.0 Å². The fraction of sp³-hybridized carbons (Fsp3) is 0.364. The minimum Gasteiger partial charge on any atom is -0.377 e. The van der Waals surface area contributed by atoms with Crippen LogP contribution in [0, 0.1) is 0 Å². The molecule has 0 aliphatic carbocycles. The largest absolute Gasteiger partial charge is 0.377 e. The Labute approximate surface area is 109 Å². The van der Waals surface area contributed by atoms with Gasteiger partial charge in [0.1, 0.15) is 12.3 Å². The van der Waals surface area contributed by atoms with Crippen LogP contribution in [0.1, 0.15) is 22.2 Å². The summed E-state index contributed by atoms with van der Waals surface area (Å²) in [5, 5.41) is 6.40. The molecule has 0 bridgehead atoms. The first-order valence-electron chi connectivity index (χ1n) is 5.64. The molecule has 0 saturated carbocycles. The number of aromatic nitrogens is 4. The molecular weight excluding hydrogens is 250 g/mol. The van der Waals surface area contributed by atoms with Gasteiger partial charge in [-0.05, 0) is 0 Å². The fourth-order valence-corrected chi connectivity index (χ4v) is 1.37. The molecule has 0 unspecified atom stereocenters. The first kappa shape index (κ1) is 13.1. The van der Waals surface area contributed by atoms with Gasteiger partial charge in [0.2, 0.25) is 5.89 Å². The fourth-order valence-electron chi connectivity index (χ4n) is 1.37. The smallest absolute Gasteiger partial charge is 0.271 e. The molecule has 0 spiro atoms. The van der Waals surface area contributed by atoms with Crippen molar-refractivity contribution in [3.8, 4) is 0 Å². The van der Waals surface area contributed by atoms with Crippen LogP contribution in [-0.2, 0) is 17.8 Å². The average molecular weight is 263 g/mol. The third kappa shape index (κ3) is 3.81. The van der Waals surface area contributed by atoms with E-state index in [1.54, 1.807) is 7.11 Å². The van der Waals surface area contributed by atoms with Gasteiger partial charge in [-0.1, -0.05) is 5.16 Å². The molecular formula is C11H13N5O3. The Morgan fingerprint density at radius 2 is 2.37 bits per heavy atom. The van der Waals surface area contributed by atoms with E-state index in [0.717, 1.165) is 0 Å². The van der Waals surface area contributed by atoms with Crippen LogP contribution in [0.4, 0.5) is 0 Å². The van der Waals surface area contributed by atoms with Gasteiger partial charge in [0.25, 0.3) is 5.91 Å². The summed E-state index contributed by atoms with van der Waals surface area (Å²) in [6, 6.07) is 0. The van der Waals surface area contributed by atoms with Crippen molar-refractivity contribution in [3.63, 3.8) is 0 Å². The van der Waals surface area contributed by atoms with Crippen molar-refractivity contribution >= 4 is 5.91 Å². The predicted molar refractivity (Wildman–Crippen MR) is 63.1 cm³/mol. The summed E-state index contributed by atoms with van der Waals surface area (Å²) in [7, 11) is 1.55. The van der Waals surface area contributed by atoms with E-state index in [2.05, 4.69) is 25.4 Å². The number of carbonyl (C=O) groups is 1. The second-order valence-electron chi connectivity index (χ2n) is 3.63. The molecule has 0 atom stereocenters. The van der Waals surface area contributed by atoms with Crippen molar-refractivity contribution < 1.29 is 14.1 Å². The van der Waals surface area contributed by atoms with E-state index in [4.69, 9.17) is 9.26 Å². The highest BCUT2D eigenvalue weighted by atomic mass is 16.5. The van der Waals surface area contributed by atoms with Crippen LogP contribution in [-0.4, -0.2) is 39.7 Å². The molecule has 0 aliphatic heterocycles. The van der Waals surface area contributed by atoms with Crippen molar-refractivity contribution in [2.45, 2.75) is 13.0 Å². The number of amides is 1. The van der Waals surface area contributed by atoms with Gasteiger partial charge in [-0.3, -0.25) is 9.78 Å². The zero-order valence-electron chi connectivity index (χ0n) is 10.4. The van der Waals surface area contributed by atoms with Gasteiger partial charge < -0.3 is 14.6 Å². The molecule has 2 rings (SSSR count). The Kier molecular flexibility index (Phi) is 4.51. The van der Waals surface area contributed by atoms with Crippen molar-refractivity contribution in [1.82, 2.24) is 25.4 Å². The van der Waals surface area contributed by atoms with E-state index < -0.39 is 0 Å². The molecule has 1 amide bonds. The Morgan fingerprint density at radius 3 is 3.11 bits per heavy atom. The number of ether oxygens (including phenoxy) is 1. The van der Waals surface area contributed by atoms with E-state index in [1.807, 2.05) is 0 Å². The lowest BCUT2D eigenvalue weighted by Crippen LogP contribution is -2.26. The predicted octanol–water partition coefficient (Wildman–Crippen LogP) is -0.0215. The van der Waals surface area contributed by atoms with Crippen LogP contribution in [0.15, 0.2) is 23.1 Å². The minimum atomic E-state index is -0.287. The highest BCUT2D eigenvalue weighted by molar-refractivity contribution is 5.91. The number of methoxy groups -OCH3 is 1. The van der Waals surface area contributed by atoms with Crippen LogP contribution in [0.3, 0.4) is 0 Å². The third-order valence-corrected chi connectivity index (χ3v) is 2.20. The van der Waals surface area contributed by atoms with Crippen LogP contribution >= 0.6 is 0 Å². The molecule has 0 aromatic carbocycles. The highest BCUT2D eigenvalue weighted by Gasteiger charge is 2.08. The van der Waals surface area contributed by atoms with Crippen molar-refractivity contribution in [2.75, 3.05) is 13.7 Å². The molecule has 0 saturated heterocycles. The second kappa shape index (κ2) is 6.55. The first-order valence-corrected chi connectivity index (χ1v) is 5.64. The van der Waals surface area contributed by atoms with Gasteiger partial charge in [-0.15, -0.1) is 0 Å². The number of rotatable bonds is 6. The standard InChI is InChI=1S/C11H13N5O3/c1-18-7-9-15-10(19-16-9)2-3-14-11(17)8-6-12-4-5-13-8/h4-6H,2-3,7H2,1H3,(H,14,17). The van der Waals surface area contributed by atoms with Gasteiger partial charge in [0.15, 0.2) is 5.82 Å². The van der Waals surface area contributed by atoms with Crippen molar-refractivity contribution in [2.24, 2.45) is 0 Å². The summed E-state index contributed by atoms with van der Waals surface area (Å²) in [6.45, 7) is 0.680. The Balaban J connectivity index is 1.78. The zero-order valence-corrected chi connectivity index (χ0v) is 10.4. The maximum atomic E-state index is 11.6. The van der Waals surface area contributed by atoms with E-state index in [1.165, 1.54) is 18.6 Å². The topological polar surface area (TPSA) is 103 Å². The van der Waals surface area contributed by atoms with E-state index in [-0.39, 0.29) is 11.6 Å². The van der Waals surface area contributed by atoms with E-state index in [0.29, 0.717) is 31.3 Å². The summed E-state index contributed by atoms with van der Waals surface area (Å²) < 4.78 is 9.86. The molecule has 2 aromatic heterocycles. The summed E-state index contributed by atoms with van der Waals surface area (Å²) in [5.41, 5.74) is 0.271. The molecule has 8 heteroatoms. The highest BCUT2D eigenvalue weighted by Crippen LogP contribution is 1.99. The van der Waals surface area contributed by atoms with Gasteiger partial charge in [0.05, 0.1) is 6.20 Å². The molecule has 8 nitrogen and oxygen atoms in total. The third-order valence-electron chi connectivity index (χ3n) is 2.20. The van der Waals surface area contributed by atoms with Crippen LogP contribution in [0.2, 0.25) is 0 Å². The molecule has 1 N–H and O–H groups in total. The number of nitrogens with one attached hydrogen (secondary N) is 1. The summed E-state index contributed by atoms with van der Waals surface area (Å²) >= 11 is 0. The van der Waals surface area contributed by atoms with E-state index in [9.17, 15) is 4.79 Å². The van der Waals surface area contributed by atoms with Gasteiger partial charge in [-0.25, -0.2) is 4.98 Å². The molecule has 2 heterocycles. The molecule has 0 fully saturated rings. The zero-order chi connectivity index (χ0) is 13.5. The quantitative estimate of drug-likeness (QED) is 0.781. The average Bonchev–Trinajstić information content (AvgIpc) is 2.88. The van der Waals surface area contributed by atoms with E-state index >= 15 is 0 Å². The normalized spacial score (nSPS) is 10.4. The summed E-state index contributed by atoms with van der Waals surface area (Å²) in [5.74, 6) is 0.647. The van der Waals surface area contributed by atoms with Crippen molar-refractivity contribution in [1.29, 1.82) is 0 Å². The number of nitrogens with zero attached hydrogens (tertiary/aromatic N) is 4. The second-order valence-corrected chi connectivity index (χ2v) is 3.63. The molecule has 0 radical (unpaired) electrons. The lowest BCUT2D eigenvalue weighted by Gasteiger charge is -2.01. The lowest BCUT2D eigenvalue weighted by atomic mass is 10.4. The maximum Gasteiger partial charge on any atom is 0.271 e. The minimum absolute atomic E-state index is 0.271. The van der Waals surface area contributed by atoms with Crippen LogP contribution in [0.25, 0.3) is 0 Å². The number of hydrogen-bond acceptors (Lipinski definition) is 7. The monoisotopic (exact) mass is 263 g/mol. The van der Waals surface area contributed by atoms with Gasteiger partial charge in [0, 0.05) is 32.5 Å². The van der Waals surface area contributed by atoms with Gasteiger partial charge >= 0.3 is 0 Å². The molecule has 0 aliphatic rings. The summed E-state index contributed by atoms with van der Waals surface area (Å²) in [4.78, 5) is 23.4. The Hall–Kier alpha value is -2.35. The Bertz CT molecular complexity index is 528. The summed E-state index contributed by atoms with van der Waals surface area (Å²) in [6.07, 6.45) is 4.82. The maximum absolute atomic E-state index is 11.6. The SMILES string of the molecule is COCc1noc(CCNC(=O)c2cnccn2)n1. The number of carbonyl (C=O) groups excluding carboxylic acids is 1. The Morgan fingerprint density at radius 1 is 1.47 bits per heavy atom. The molecule has 2 aromatic rings. The molecule has 19 heavy (non-hydrogen) atoms. The van der Waals surface area contributed by atoms with Gasteiger partial charge in [-0.2, -0.15) is 4.98 Å². The van der Waals surface area contributed by atoms with Crippen LogP contribution < -0.4 is 5.32 Å². The number of hydrogen-bond donors (Lipinski definition) is 1. The first-order chi connectivity index (χ1) is 9.29. The lowest BCUT2D eigenvalue weighted by molar-refractivity contribution is 0.0948.